The lowest BCUT2D eigenvalue weighted by Crippen LogP contribution is -2.52. The van der Waals surface area contributed by atoms with Gasteiger partial charge in [0.15, 0.2) is 0 Å². The molecule has 0 fully saturated rings. The number of amides is 2. The van der Waals surface area contributed by atoms with Crippen molar-refractivity contribution in [3.8, 4) is 0 Å². The molecule has 2 rings (SSSR count). The summed E-state index contributed by atoms with van der Waals surface area (Å²) in [5.74, 6) is -1.31. The first-order valence-electron chi connectivity index (χ1n) is 11.3. The Kier molecular flexibility index (Phi) is 9.68. The Balaban J connectivity index is 2.20. The highest BCUT2D eigenvalue weighted by Crippen LogP contribution is 2.22. The Labute approximate surface area is 212 Å². The third kappa shape index (κ3) is 8.81. The minimum Gasteiger partial charge on any atom is -0.350 e. The summed E-state index contributed by atoms with van der Waals surface area (Å²) in [4.78, 5) is 27.5. The van der Waals surface area contributed by atoms with Crippen LogP contribution in [0.4, 0.5) is 10.1 Å². The molecule has 1 atom stereocenters. The summed E-state index contributed by atoms with van der Waals surface area (Å²) in [6, 6.07) is 11.8. The summed E-state index contributed by atoms with van der Waals surface area (Å²) in [6.45, 7) is 7.27. The second-order valence-corrected chi connectivity index (χ2v) is 11.8. The molecule has 0 aliphatic rings. The first-order chi connectivity index (χ1) is 16.2. The van der Waals surface area contributed by atoms with E-state index in [-0.39, 0.29) is 43.4 Å². The molecule has 2 aromatic rings. The smallest absolute Gasteiger partial charge is 0.242 e. The number of hydrogen-bond acceptors (Lipinski definition) is 4. The van der Waals surface area contributed by atoms with Gasteiger partial charge in [0.1, 0.15) is 11.9 Å². The number of anilines is 1. The third-order valence-corrected chi connectivity index (χ3v) is 6.60. The van der Waals surface area contributed by atoms with E-state index in [0.717, 1.165) is 16.1 Å². The predicted octanol–water partition coefficient (Wildman–Crippen LogP) is 4.36. The first kappa shape index (κ1) is 28.6. The molecule has 0 heterocycles. The van der Waals surface area contributed by atoms with Crippen LogP contribution in [-0.2, 0) is 26.2 Å². The summed E-state index contributed by atoms with van der Waals surface area (Å²) in [6.07, 6.45) is 1.10. The molecule has 0 radical (unpaired) electrons. The second-order valence-electron chi connectivity index (χ2n) is 9.46. The quantitative estimate of drug-likeness (QED) is 0.499. The maximum Gasteiger partial charge on any atom is 0.242 e. The predicted molar refractivity (Wildman–Crippen MR) is 137 cm³/mol. The molecule has 10 heteroatoms. The molecular formula is C25H33ClFN3O4S. The summed E-state index contributed by atoms with van der Waals surface area (Å²) in [7, 11) is -3.77. The molecule has 2 aromatic carbocycles. The van der Waals surface area contributed by atoms with Crippen LogP contribution in [-0.4, -0.2) is 49.5 Å². The van der Waals surface area contributed by atoms with Crippen molar-refractivity contribution in [2.45, 2.75) is 58.7 Å². The Hall–Kier alpha value is -2.65. The lowest BCUT2D eigenvalue weighted by atomic mass is 10.1. The zero-order valence-corrected chi connectivity index (χ0v) is 22.3. The zero-order chi connectivity index (χ0) is 26.4. The number of carbonyl (C=O) groups excluding carboxylic acids is 2. The Bertz CT molecular complexity index is 1150. The molecule has 0 bridgehead atoms. The van der Waals surface area contributed by atoms with Crippen LogP contribution in [0, 0.1) is 5.82 Å². The summed E-state index contributed by atoms with van der Waals surface area (Å²) >= 11 is 6.09. The second kappa shape index (κ2) is 11.9. The van der Waals surface area contributed by atoms with E-state index in [1.165, 1.54) is 23.1 Å². The maximum absolute atomic E-state index is 14.3. The van der Waals surface area contributed by atoms with E-state index >= 15 is 0 Å². The number of carbonyl (C=O) groups is 2. The van der Waals surface area contributed by atoms with Crippen LogP contribution < -0.4 is 9.62 Å². The van der Waals surface area contributed by atoms with Gasteiger partial charge in [-0.05, 0) is 63.9 Å². The van der Waals surface area contributed by atoms with Gasteiger partial charge in [0.05, 0.1) is 11.9 Å². The molecule has 2 amide bonds. The van der Waals surface area contributed by atoms with Crippen molar-refractivity contribution < 1.29 is 22.4 Å². The van der Waals surface area contributed by atoms with E-state index in [9.17, 15) is 22.4 Å². The Morgan fingerprint density at radius 3 is 2.34 bits per heavy atom. The van der Waals surface area contributed by atoms with Crippen molar-refractivity contribution >= 4 is 39.1 Å². The fourth-order valence-corrected chi connectivity index (χ4v) is 4.70. The van der Waals surface area contributed by atoms with E-state index in [1.54, 1.807) is 31.2 Å². The number of halogens is 2. The van der Waals surface area contributed by atoms with Gasteiger partial charge in [0, 0.05) is 30.1 Å². The van der Waals surface area contributed by atoms with Crippen LogP contribution in [0.25, 0.3) is 0 Å². The van der Waals surface area contributed by atoms with Crippen LogP contribution in [0.3, 0.4) is 0 Å². The molecule has 0 aliphatic carbocycles. The summed E-state index contributed by atoms with van der Waals surface area (Å²) < 4.78 is 39.8. The molecule has 0 aromatic heterocycles. The maximum atomic E-state index is 14.3. The molecule has 1 N–H and O–H groups in total. The number of para-hydroxylation sites is 1. The topological polar surface area (TPSA) is 86.8 Å². The van der Waals surface area contributed by atoms with Gasteiger partial charge in [-0.1, -0.05) is 35.9 Å². The van der Waals surface area contributed by atoms with Crippen molar-refractivity contribution in [3.63, 3.8) is 0 Å². The molecule has 0 aliphatic heterocycles. The van der Waals surface area contributed by atoms with Crippen molar-refractivity contribution in [2.75, 3.05) is 17.1 Å². The molecular weight excluding hydrogens is 493 g/mol. The molecule has 0 saturated carbocycles. The third-order valence-electron chi connectivity index (χ3n) is 5.18. The lowest BCUT2D eigenvalue weighted by Gasteiger charge is -2.32. The average molecular weight is 526 g/mol. The van der Waals surface area contributed by atoms with Crippen molar-refractivity contribution in [2.24, 2.45) is 0 Å². The standard InChI is InChI=1S/C25H33ClFN3O4S/c1-18(24(32)28-25(2,3)4)29(17-19-10-8-11-20(26)16-19)23(31)14-9-15-30(35(5,33)34)22-13-7-6-12-21(22)27/h6-8,10-13,16,18H,9,14-15,17H2,1-5H3,(H,28,32). The number of benzene rings is 2. The fourth-order valence-electron chi connectivity index (χ4n) is 3.53. The van der Waals surface area contributed by atoms with Gasteiger partial charge in [-0.25, -0.2) is 12.8 Å². The molecule has 0 spiro atoms. The van der Waals surface area contributed by atoms with Crippen molar-refractivity contribution in [1.82, 2.24) is 10.2 Å². The van der Waals surface area contributed by atoms with Gasteiger partial charge in [-0.2, -0.15) is 0 Å². The van der Waals surface area contributed by atoms with Crippen LogP contribution in [0.15, 0.2) is 48.5 Å². The van der Waals surface area contributed by atoms with Gasteiger partial charge < -0.3 is 10.2 Å². The normalized spacial score (nSPS) is 12.7. The van der Waals surface area contributed by atoms with Gasteiger partial charge in [-0.15, -0.1) is 0 Å². The van der Waals surface area contributed by atoms with Crippen molar-refractivity contribution in [1.29, 1.82) is 0 Å². The average Bonchev–Trinajstić information content (AvgIpc) is 2.73. The Morgan fingerprint density at radius 2 is 1.77 bits per heavy atom. The van der Waals surface area contributed by atoms with Gasteiger partial charge in [-0.3, -0.25) is 13.9 Å². The highest BCUT2D eigenvalue weighted by atomic mass is 35.5. The molecule has 1 unspecified atom stereocenters. The van der Waals surface area contributed by atoms with Gasteiger partial charge >= 0.3 is 0 Å². The number of nitrogens with zero attached hydrogens (tertiary/aromatic N) is 2. The van der Waals surface area contributed by atoms with Crippen LogP contribution in [0.1, 0.15) is 46.1 Å². The number of hydrogen-bond donors (Lipinski definition) is 1. The number of nitrogens with one attached hydrogen (secondary N) is 1. The van der Waals surface area contributed by atoms with Crippen LogP contribution >= 0.6 is 11.6 Å². The van der Waals surface area contributed by atoms with Crippen LogP contribution in [0.5, 0.6) is 0 Å². The molecule has 192 valence electrons. The van der Waals surface area contributed by atoms with Gasteiger partial charge in [0.2, 0.25) is 21.8 Å². The zero-order valence-electron chi connectivity index (χ0n) is 20.7. The highest BCUT2D eigenvalue weighted by Gasteiger charge is 2.29. The number of rotatable bonds is 10. The molecule has 7 nitrogen and oxygen atoms in total. The van der Waals surface area contributed by atoms with Crippen molar-refractivity contribution in [3.05, 3.63) is 64.9 Å². The first-order valence-corrected chi connectivity index (χ1v) is 13.5. The SMILES string of the molecule is CC(C(=O)NC(C)(C)C)N(Cc1cccc(Cl)c1)C(=O)CCCN(c1ccccc1F)S(C)(=O)=O. The molecule has 0 saturated heterocycles. The summed E-state index contributed by atoms with van der Waals surface area (Å²) in [5.41, 5.74) is 0.202. The van der Waals surface area contributed by atoms with E-state index in [1.807, 2.05) is 26.8 Å². The minimum absolute atomic E-state index is 0.0336. The summed E-state index contributed by atoms with van der Waals surface area (Å²) in [5, 5.41) is 3.39. The minimum atomic E-state index is -3.77. The van der Waals surface area contributed by atoms with Crippen LogP contribution in [0.2, 0.25) is 5.02 Å². The van der Waals surface area contributed by atoms with E-state index in [4.69, 9.17) is 11.6 Å². The Morgan fingerprint density at radius 1 is 1.11 bits per heavy atom. The van der Waals surface area contributed by atoms with E-state index in [2.05, 4.69) is 5.32 Å². The van der Waals surface area contributed by atoms with E-state index < -0.39 is 27.4 Å². The molecule has 35 heavy (non-hydrogen) atoms. The number of sulfonamides is 1. The monoisotopic (exact) mass is 525 g/mol. The fraction of sp³-hybridized carbons (Fsp3) is 0.440. The highest BCUT2D eigenvalue weighted by molar-refractivity contribution is 7.92. The largest absolute Gasteiger partial charge is 0.350 e. The van der Waals surface area contributed by atoms with E-state index in [0.29, 0.717) is 5.02 Å². The van der Waals surface area contributed by atoms with Gasteiger partial charge in [0.25, 0.3) is 0 Å². The lowest BCUT2D eigenvalue weighted by molar-refractivity contribution is -0.141.